The van der Waals surface area contributed by atoms with Crippen LogP contribution in [0.2, 0.25) is 0 Å². The zero-order valence-corrected chi connectivity index (χ0v) is 15.4. The van der Waals surface area contributed by atoms with Gasteiger partial charge in [-0.1, -0.05) is 36.8 Å². The molecule has 2 aromatic rings. The van der Waals surface area contributed by atoms with Gasteiger partial charge in [0.1, 0.15) is 5.69 Å². The normalized spacial score (nSPS) is 16.9. The van der Waals surface area contributed by atoms with Crippen molar-refractivity contribution in [2.24, 2.45) is 5.92 Å². The molecule has 5 heteroatoms. The van der Waals surface area contributed by atoms with E-state index in [0.717, 1.165) is 55.7 Å². The monoisotopic (exact) mass is 327 g/mol. The van der Waals surface area contributed by atoms with Gasteiger partial charge in [-0.05, 0) is 31.9 Å². The Morgan fingerprint density at radius 1 is 0.958 bits per heavy atom. The molecular weight excluding hydrogens is 298 g/mol. The van der Waals surface area contributed by atoms with Crippen LogP contribution in [0.4, 0.5) is 0 Å². The first-order valence-corrected chi connectivity index (χ1v) is 8.96. The molecule has 1 aliphatic heterocycles. The molecule has 1 aromatic carbocycles. The van der Waals surface area contributed by atoms with Crippen molar-refractivity contribution in [3.63, 3.8) is 0 Å². The predicted molar refractivity (Wildman–Crippen MR) is 97.4 cm³/mol. The van der Waals surface area contributed by atoms with Gasteiger partial charge in [0.2, 0.25) is 0 Å². The minimum atomic E-state index is 0.744. The van der Waals surface area contributed by atoms with Crippen LogP contribution in [-0.2, 0) is 6.54 Å². The molecule has 3 rings (SSSR count). The summed E-state index contributed by atoms with van der Waals surface area (Å²) >= 11 is 0. The lowest BCUT2D eigenvalue weighted by atomic mass is 10.2. The van der Waals surface area contributed by atoms with Gasteiger partial charge in [-0.3, -0.25) is 4.90 Å². The Labute approximate surface area is 145 Å². The third kappa shape index (κ3) is 4.02. The lowest BCUT2D eigenvalue weighted by Crippen LogP contribution is -2.47. The third-order valence-electron chi connectivity index (χ3n) is 4.73. The van der Waals surface area contributed by atoms with E-state index in [-0.39, 0.29) is 0 Å². The molecule has 1 saturated heterocycles. The first-order valence-electron chi connectivity index (χ1n) is 8.96. The highest BCUT2D eigenvalue weighted by atomic mass is 15.4. The Hall–Kier alpha value is -1.72. The standard InChI is InChI=1S/C19H29N5/c1-15(2)13-22-9-11-23(12-10-22)14-19-17(4)24(21-20-19)18-7-5-16(3)6-8-18/h5-8,15H,9-14H2,1-4H3. The second-order valence-electron chi connectivity index (χ2n) is 7.34. The van der Waals surface area contributed by atoms with E-state index in [2.05, 4.69) is 72.1 Å². The number of benzene rings is 1. The van der Waals surface area contributed by atoms with Gasteiger partial charge in [0.25, 0.3) is 0 Å². The fraction of sp³-hybridized carbons (Fsp3) is 0.579. The first-order chi connectivity index (χ1) is 11.5. The Morgan fingerprint density at radius 2 is 1.58 bits per heavy atom. The van der Waals surface area contributed by atoms with E-state index in [1.165, 1.54) is 12.1 Å². The molecule has 0 aliphatic carbocycles. The molecular formula is C19H29N5. The number of hydrogen-bond acceptors (Lipinski definition) is 4. The Morgan fingerprint density at radius 3 is 2.21 bits per heavy atom. The molecule has 1 aliphatic rings. The van der Waals surface area contributed by atoms with Crippen LogP contribution in [0.5, 0.6) is 0 Å². The van der Waals surface area contributed by atoms with E-state index in [0.29, 0.717) is 0 Å². The Balaban J connectivity index is 1.62. The maximum atomic E-state index is 4.43. The summed E-state index contributed by atoms with van der Waals surface area (Å²) in [5.74, 6) is 0.744. The van der Waals surface area contributed by atoms with Gasteiger partial charge in [-0.25, -0.2) is 4.68 Å². The number of nitrogens with zero attached hydrogens (tertiary/aromatic N) is 5. The molecule has 0 saturated carbocycles. The summed E-state index contributed by atoms with van der Waals surface area (Å²) in [5.41, 5.74) is 4.57. The minimum Gasteiger partial charge on any atom is -0.301 e. The van der Waals surface area contributed by atoms with Crippen LogP contribution in [0.15, 0.2) is 24.3 Å². The summed E-state index contributed by atoms with van der Waals surface area (Å²) in [7, 11) is 0. The number of rotatable bonds is 5. The van der Waals surface area contributed by atoms with Crippen molar-refractivity contribution < 1.29 is 0 Å². The van der Waals surface area contributed by atoms with Crippen molar-refractivity contribution in [2.45, 2.75) is 34.2 Å². The zero-order valence-electron chi connectivity index (χ0n) is 15.4. The number of piperazine rings is 1. The molecule has 0 bridgehead atoms. The van der Waals surface area contributed by atoms with Crippen LogP contribution in [-0.4, -0.2) is 57.5 Å². The largest absolute Gasteiger partial charge is 0.301 e. The van der Waals surface area contributed by atoms with Crippen molar-refractivity contribution in [3.05, 3.63) is 41.2 Å². The highest BCUT2D eigenvalue weighted by molar-refractivity contribution is 5.35. The summed E-state index contributed by atoms with van der Waals surface area (Å²) in [6.07, 6.45) is 0. The first kappa shape index (κ1) is 17.1. The molecule has 0 unspecified atom stereocenters. The number of aryl methyl sites for hydroxylation is 1. The average molecular weight is 327 g/mol. The summed E-state index contributed by atoms with van der Waals surface area (Å²) < 4.78 is 1.95. The Kier molecular flexibility index (Phi) is 5.31. The van der Waals surface area contributed by atoms with Crippen LogP contribution in [0.1, 0.15) is 30.8 Å². The molecule has 1 fully saturated rings. The summed E-state index contributed by atoms with van der Waals surface area (Å²) in [4.78, 5) is 5.06. The van der Waals surface area contributed by atoms with E-state index < -0.39 is 0 Å². The van der Waals surface area contributed by atoms with Gasteiger partial charge < -0.3 is 4.90 Å². The molecule has 130 valence electrons. The zero-order chi connectivity index (χ0) is 17.1. The predicted octanol–water partition coefficient (Wildman–Crippen LogP) is 2.66. The quantitative estimate of drug-likeness (QED) is 0.846. The van der Waals surface area contributed by atoms with Gasteiger partial charge in [0.15, 0.2) is 0 Å². The summed E-state index contributed by atoms with van der Waals surface area (Å²) in [6.45, 7) is 15.4. The topological polar surface area (TPSA) is 37.2 Å². The van der Waals surface area contributed by atoms with E-state index in [4.69, 9.17) is 0 Å². The average Bonchev–Trinajstić information content (AvgIpc) is 2.91. The van der Waals surface area contributed by atoms with Crippen LogP contribution in [0.3, 0.4) is 0 Å². The van der Waals surface area contributed by atoms with Crippen molar-refractivity contribution in [3.8, 4) is 5.69 Å². The molecule has 0 atom stereocenters. The molecule has 0 N–H and O–H groups in total. The summed E-state index contributed by atoms with van der Waals surface area (Å²) in [6, 6.07) is 8.44. The molecule has 0 spiro atoms. The summed E-state index contributed by atoms with van der Waals surface area (Å²) in [5, 5.41) is 8.80. The van der Waals surface area contributed by atoms with E-state index in [1.54, 1.807) is 0 Å². The maximum Gasteiger partial charge on any atom is 0.100 e. The maximum absolute atomic E-state index is 4.43. The fourth-order valence-electron chi connectivity index (χ4n) is 3.30. The van der Waals surface area contributed by atoms with Crippen molar-refractivity contribution in [2.75, 3.05) is 32.7 Å². The second-order valence-corrected chi connectivity index (χ2v) is 7.34. The lowest BCUT2D eigenvalue weighted by molar-refractivity contribution is 0.116. The van der Waals surface area contributed by atoms with Gasteiger partial charge in [0, 0.05) is 39.3 Å². The van der Waals surface area contributed by atoms with Crippen LogP contribution in [0.25, 0.3) is 5.69 Å². The van der Waals surface area contributed by atoms with Gasteiger partial charge in [0.05, 0.1) is 11.4 Å². The SMILES string of the molecule is Cc1ccc(-n2nnc(CN3CCN(CC(C)C)CC3)c2C)cc1. The van der Waals surface area contributed by atoms with Gasteiger partial charge in [-0.2, -0.15) is 0 Å². The third-order valence-corrected chi connectivity index (χ3v) is 4.73. The van der Waals surface area contributed by atoms with E-state index >= 15 is 0 Å². The minimum absolute atomic E-state index is 0.744. The smallest absolute Gasteiger partial charge is 0.100 e. The number of aromatic nitrogens is 3. The van der Waals surface area contributed by atoms with Crippen LogP contribution >= 0.6 is 0 Å². The molecule has 1 aromatic heterocycles. The van der Waals surface area contributed by atoms with Crippen LogP contribution in [0, 0.1) is 19.8 Å². The Bertz CT molecular complexity index is 651. The molecule has 2 heterocycles. The molecule has 0 amide bonds. The van der Waals surface area contributed by atoms with Crippen molar-refractivity contribution in [1.29, 1.82) is 0 Å². The number of hydrogen-bond donors (Lipinski definition) is 0. The highest BCUT2D eigenvalue weighted by Crippen LogP contribution is 2.15. The van der Waals surface area contributed by atoms with Crippen molar-refractivity contribution >= 4 is 0 Å². The fourth-order valence-corrected chi connectivity index (χ4v) is 3.30. The lowest BCUT2D eigenvalue weighted by Gasteiger charge is -2.35. The molecule has 24 heavy (non-hydrogen) atoms. The van der Waals surface area contributed by atoms with Crippen LogP contribution < -0.4 is 0 Å². The van der Waals surface area contributed by atoms with E-state index in [1.807, 2.05) is 4.68 Å². The van der Waals surface area contributed by atoms with E-state index in [9.17, 15) is 0 Å². The van der Waals surface area contributed by atoms with Gasteiger partial charge >= 0.3 is 0 Å². The highest BCUT2D eigenvalue weighted by Gasteiger charge is 2.20. The second kappa shape index (κ2) is 7.45. The van der Waals surface area contributed by atoms with Gasteiger partial charge in [-0.15, -0.1) is 5.10 Å². The molecule has 0 radical (unpaired) electrons. The van der Waals surface area contributed by atoms with Crippen molar-refractivity contribution in [1.82, 2.24) is 24.8 Å². The molecule has 5 nitrogen and oxygen atoms in total.